The van der Waals surface area contributed by atoms with Gasteiger partial charge in [-0.3, -0.25) is 0 Å². The molecule has 1 N–H and O–H groups in total. The molecule has 2 nitrogen and oxygen atoms in total. The molecule has 1 rings (SSSR count). The highest BCUT2D eigenvalue weighted by Gasteiger charge is 2.14. The minimum atomic E-state index is 0.341. The van der Waals surface area contributed by atoms with Crippen LogP contribution < -0.4 is 5.32 Å². The van der Waals surface area contributed by atoms with Crippen LogP contribution in [0.2, 0.25) is 5.02 Å². The number of benzene rings is 1. The molecule has 0 radical (unpaired) electrons. The van der Waals surface area contributed by atoms with Gasteiger partial charge in [-0.25, -0.2) is 0 Å². The van der Waals surface area contributed by atoms with Gasteiger partial charge in [0.25, 0.3) is 0 Å². The summed E-state index contributed by atoms with van der Waals surface area (Å²) in [6.07, 6.45) is 1.08. The molecule has 1 aromatic carbocycles. The van der Waals surface area contributed by atoms with E-state index in [0.29, 0.717) is 12.0 Å². The number of hydrogen-bond acceptors (Lipinski definition) is 2. The van der Waals surface area contributed by atoms with E-state index in [-0.39, 0.29) is 0 Å². The van der Waals surface area contributed by atoms with E-state index >= 15 is 0 Å². The van der Waals surface area contributed by atoms with Gasteiger partial charge < -0.3 is 10.2 Å². The predicted molar refractivity (Wildman–Crippen MR) is 84.8 cm³/mol. The van der Waals surface area contributed by atoms with Crippen molar-refractivity contribution in [1.82, 2.24) is 10.2 Å². The van der Waals surface area contributed by atoms with E-state index in [1.807, 2.05) is 12.1 Å². The van der Waals surface area contributed by atoms with Crippen LogP contribution in [0, 0.1) is 5.92 Å². The maximum absolute atomic E-state index is 6.30. The fourth-order valence-electron chi connectivity index (χ4n) is 2.44. The summed E-state index contributed by atoms with van der Waals surface area (Å²) in [5, 5.41) is 4.40. The average Bonchev–Trinajstić information content (AvgIpc) is 2.34. The van der Waals surface area contributed by atoms with Crippen molar-refractivity contribution in [3.05, 3.63) is 34.9 Å². The molecule has 0 saturated carbocycles. The minimum absolute atomic E-state index is 0.341. The first-order valence-corrected chi connectivity index (χ1v) is 7.58. The van der Waals surface area contributed by atoms with Crippen molar-refractivity contribution in [3.8, 4) is 0 Å². The third-order valence-corrected chi connectivity index (χ3v) is 3.55. The summed E-state index contributed by atoms with van der Waals surface area (Å²) in [5.74, 6) is 0.711. The maximum atomic E-state index is 6.30. The smallest absolute Gasteiger partial charge is 0.0453 e. The zero-order valence-electron chi connectivity index (χ0n) is 12.6. The van der Waals surface area contributed by atoms with Gasteiger partial charge in [-0.1, -0.05) is 50.6 Å². The monoisotopic (exact) mass is 282 g/mol. The second-order valence-corrected chi connectivity index (χ2v) is 5.98. The first kappa shape index (κ1) is 16.5. The summed E-state index contributed by atoms with van der Waals surface area (Å²) in [4.78, 5) is 2.39. The van der Waals surface area contributed by atoms with E-state index in [9.17, 15) is 0 Å². The Labute approximate surface area is 123 Å². The number of hydrogen-bond donors (Lipinski definition) is 1. The lowest BCUT2D eigenvalue weighted by molar-refractivity contribution is 0.277. The highest BCUT2D eigenvalue weighted by atomic mass is 35.5. The fraction of sp³-hybridized carbons (Fsp3) is 0.625. The molecular weight excluding hydrogens is 256 g/mol. The number of nitrogens with zero attached hydrogens (tertiary/aromatic N) is 1. The van der Waals surface area contributed by atoms with Gasteiger partial charge in [0.15, 0.2) is 0 Å². The molecule has 0 aliphatic rings. The highest BCUT2D eigenvalue weighted by Crippen LogP contribution is 2.25. The molecule has 1 aromatic rings. The van der Waals surface area contributed by atoms with E-state index < -0.39 is 0 Å². The van der Waals surface area contributed by atoms with Gasteiger partial charge in [-0.2, -0.15) is 0 Å². The Balaban J connectivity index is 2.61. The molecule has 0 bridgehead atoms. The van der Waals surface area contributed by atoms with E-state index in [1.165, 1.54) is 5.56 Å². The Morgan fingerprint density at radius 1 is 1.26 bits per heavy atom. The first-order valence-electron chi connectivity index (χ1n) is 7.21. The highest BCUT2D eigenvalue weighted by molar-refractivity contribution is 6.31. The topological polar surface area (TPSA) is 15.3 Å². The van der Waals surface area contributed by atoms with Gasteiger partial charge >= 0.3 is 0 Å². The molecule has 1 atom stereocenters. The third kappa shape index (κ3) is 5.94. The van der Waals surface area contributed by atoms with Crippen LogP contribution in [0.4, 0.5) is 0 Å². The molecule has 0 aliphatic heterocycles. The van der Waals surface area contributed by atoms with Crippen LogP contribution in [-0.2, 0) is 0 Å². The number of rotatable bonds is 8. The lowest BCUT2D eigenvalue weighted by Gasteiger charge is -2.24. The van der Waals surface area contributed by atoms with Crippen LogP contribution in [0.1, 0.15) is 38.8 Å². The molecule has 0 amide bonds. The summed E-state index contributed by atoms with van der Waals surface area (Å²) < 4.78 is 0. The Morgan fingerprint density at radius 2 is 1.95 bits per heavy atom. The molecule has 0 spiro atoms. The lowest BCUT2D eigenvalue weighted by Crippen LogP contribution is -2.29. The zero-order valence-corrected chi connectivity index (χ0v) is 13.4. The first-order chi connectivity index (χ1) is 9.04. The Morgan fingerprint density at radius 3 is 2.53 bits per heavy atom. The molecule has 0 fully saturated rings. The quantitative estimate of drug-likeness (QED) is 0.776. The van der Waals surface area contributed by atoms with Crippen LogP contribution in [0.3, 0.4) is 0 Å². The van der Waals surface area contributed by atoms with Crippen molar-refractivity contribution in [3.63, 3.8) is 0 Å². The van der Waals surface area contributed by atoms with Crippen molar-refractivity contribution >= 4 is 11.6 Å². The van der Waals surface area contributed by atoms with E-state index in [0.717, 1.165) is 31.1 Å². The van der Waals surface area contributed by atoms with Gasteiger partial charge in [0.2, 0.25) is 0 Å². The summed E-state index contributed by atoms with van der Waals surface area (Å²) in [6, 6.07) is 8.48. The van der Waals surface area contributed by atoms with Crippen molar-refractivity contribution in [2.24, 2.45) is 5.92 Å². The van der Waals surface area contributed by atoms with E-state index in [2.05, 4.69) is 50.2 Å². The molecule has 19 heavy (non-hydrogen) atoms. The molecule has 0 heterocycles. The standard InChI is InChI=1S/C16H27ClN2/c1-5-18-16(10-11-19(4)12-13(2)3)14-8-6-7-9-15(14)17/h6-9,13,16,18H,5,10-12H2,1-4H3. The van der Waals surface area contributed by atoms with Gasteiger partial charge in [-0.15, -0.1) is 0 Å². The number of halogens is 1. The molecule has 0 aromatic heterocycles. The molecular formula is C16H27ClN2. The minimum Gasteiger partial charge on any atom is -0.310 e. The zero-order chi connectivity index (χ0) is 14.3. The van der Waals surface area contributed by atoms with Crippen LogP contribution in [-0.4, -0.2) is 31.6 Å². The van der Waals surface area contributed by atoms with Crippen molar-refractivity contribution in [1.29, 1.82) is 0 Å². The maximum Gasteiger partial charge on any atom is 0.0453 e. The SMILES string of the molecule is CCNC(CCN(C)CC(C)C)c1ccccc1Cl. The molecule has 0 saturated heterocycles. The predicted octanol–water partition coefficient (Wildman–Crippen LogP) is 3.97. The van der Waals surface area contributed by atoms with E-state index in [1.54, 1.807) is 0 Å². The second-order valence-electron chi connectivity index (χ2n) is 5.58. The van der Waals surface area contributed by atoms with Gasteiger partial charge in [0, 0.05) is 17.6 Å². The van der Waals surface area contributed by atoms with Crippen LogP contribution in [0.15, 0.2) is 24.3 Å². The molecule has 3 heteroatoms. The van der Waals surface area contributed by atoms with Gasteiger partial charge in [0.05, 0.1) is 0 Å². The average molecular weight is 283 g/mol. The Kier molecular flexibility index (Phi) is 7.44. The Hall–Kier alpha value is -0.570. The van der Waals surface area contributed by atoms with Crippen molar-refractivity contribution in [2.45, 2.75) is 33.2 Å². The summed E-state index contributed by atoms with van der Waals surface area (Å²) in [5.41, 5.74) is 1.21. The van der Waals surface area contributed by atoms with E-state index in [4.69, 9.17) is 11.6 Å². The summed E-state index contributed by atoms with van der Waals surface area (Å²) in [6.45, 7) is 9.84. The molecule has 0 aliphatic carbocycles. The normalized spacial score (nSPS) is 13.2. The van der Waals surface area contributed by atoms with Crippen molar-refractivity contribution in [2.75, 3.05) is 26.7 Å². The largest absolute Gasteiger partial charge is 0.310 e. The third-order valence-electron chi connectivity index (χ3n) is 3.21. The van der Waals surface area contributed by atoms with Gasteiger partial charge in [0.1, 0.15) is 0 Å². The van der Waals surface area contributed by atoms with Crippen LogP contribution in [0.5, 0.6) is 0 Å². The number of nitrogens with one attached hydrogen (secondary N) is 1. The molecule has 108 valence electrons. The van der Waals surface area contributed by atoms with Crippen molar-refractivity contribution < 1.29 is 0 Å². The lowest BCUT2D eigenvalue weighted by atomic mass is 10.0. The Bertz CT molecular complexity index is 366. The summed E-state index contributed by atoms with van der Waals surface area (Å²) in [7, 11) is 2.19. The molecule has 1 unspecified atom stereocenters. The fourth-order valence-corrected chi connectivity index (χ4v) is 2.70. The summed E-state index contributed by atoms with van der Waals surface area (Å²) >= 11 is 6.30. The second kappa shape index (κ2) is 8.57. The van der Waals surface area contributed by atoms with Crippen LogP contribution in [0.25, 0.3) is 0 Å². The van der Waals surface area contributed by atoms with Crippen LogP contribution >= 0.6 is 11.6 Å². The van der Waals surface area contributed by atoms with Gasteiger partial charge in [-0.05, 0) is 44.1 Å².